The van der Waals surface area contributed by atoms with Crippen LogP contribution in [0, 0.1) is 0 Å². The van der Waals surface area contributed by atoms with Crippen LogP contribution in [-0.2, 0) is 10.3 Å². The number of nitrogens with zero attached hydrogens (tertiary/aromatic N) is 1. The van der Waals surface area contributed by atoms with Gasteiger partial charge in [-0.2, -0.15) is 0 Å². The minimum Gasteiger partial charge on any atom is -0.319 e. The molecule has 0 aromatic heterocycles. The van der Waals surface area contributed by atoms with Crippen LogP contribution in [0.15, 0.2) is 42.5 Å². The van der Waals surface area contributed by atoms with Gasteiger partial charge >= 0.3 is 6.03 Å². The van der Waals surface area contributed by atoms with Gasteiger partial charge in [-0.1, -0.05) is 49.4 Å². The van der Waals surface area contributed by atoms with E-state index in [0.29, 0.717) is 6.54 Å². The van der Waals surface area contributed by atoms with Crippen LogP contribution in [0.3, 0.4) is 0 Å². The molecule has 1 atom stereocenters. The maximum absolute atomic E-state index is 12.7. The number of fused-ring (bicyclic) bond motifs is 1. The van der Waals surface area contributed by atoms with Crippen LogP contribution in [0.2, 0.25) is 0 Å². The Labute approximate surface area is 123 Å². The van der Waals surface area contributed by atoms with Crippen LogP contribution in [0.5, 0.6) is 0 Å². The van der Waals surface area contributed by atoms with Crippen molar-refractivity contribution in [3.05, 3.63) is 48.0 Å². The maximum Gasteiger partial charge on any atom is 0.325 e. The molecule has 3 amide bonds. The average molecular weight is 282 g/mol. The van der Waals surface area contributed by atoms with Gasteiger partial charge in [0, 0.05) is 6.54 Å². The van der Waals surface area contributed by atoms with E-state index in [0.717, 1.165) is 22.8 Å². The van der Waals surface area contributed by atoms with Crippen LogP contribution in [0.1, 0.15) is 25.8 Å². The van der Waals surface area contributed by atoms with Crippen molar-refractivity contribution in [1.82, 2.24) is 10.2 Å². The van der Waals surface area contributed by atoms with Gasteiger partial charge in [-0.3, -0.25) is 9.69 Å². The normalized spacial score (nSPS) is 21.9. The molecule has 4 heteroatoms. The fourth-order valence-corrected chi connectivity index (χ4v) is 2.97. The molecule has 21 heavy (non-hydrogen) atoms. The van der Waals surface area contributed by atoms with Gasteiger partial charge in [0.05, 0.1) is 0 Å². The third-order valence-corrected chi connectivity index (χ3v) is 4.05. The molecular formula is C17H18N2O2. The van der Waals surface area contributed by atoms with Crippen molar-refractivity contribution in [2.75, 3.05) is 6.54 Å². The number of benzene rings is 2. The van der Waals surface area contributed by atoms with Gasteiger partial charge in [0.1, 0.15) is 5.54 Å². The number of hydrogen-bond acceptors (Lipinski definition) is 2. The largest absolute Gasteiger partial charge is 0.325 e. The first kappa shape index (κ1) is 13.6. The monoisotopic (exact) mass is 282 g/mol. The van der Waals surface area contributed by atoms with Gasteiger partial charge in [0.25, 0.3) is 5.91 Å². The number of urea groups is 1. The Kier molecular flexibility index (Phi) is 3.16. The molecule has 1 N–H and O–H groups in total. The number of imide groups is 1. The van der Waals surface area contributed by atoms with Crippen molar-refractivity contribution in [2.45, 2.75) is 25.8 Å². The van der Waals surface area contributed by atoms with Gasteiger partial charge in [0.15, 0.2) is 0 Å². The number of amides is 3. The zero-order chi connectivity index (χ0) is 15.0. The Bertz CT molecular complexity index is 720. The summed E-state index contributed by atoms with van der Waals surface area (Å²) in [7, 11) is 0. The van der Waals surface area contributed by atoms with Gasteiger partial charge < -0.3 is 5.32 Å². The summed E-state index contributed by atoms with van der Waals surface area (Å²) in [6, 6.07) is 13.4. The fourth-order valence-electron chi connectivity index (χ4n) is 2.97. The lowest BCUT2D eigenvalue weighted by molar-refractivity contribution is -0.131. The molecule has 1 unspecified atom stereocenters. The molecule has 0 aliphatic carbocycles. The summed E-state index contributed by atoms with van der Waals surface area (Å²) in [5.74, 6) is -0.175. The van der Waals surface area contributed by atoms with E-state index in [1.54, 1.807) is 6.92 Å². The molecule has 0 bridgehead atoms. The van der Waals surface area contributed by atoms with Crippen molar-refractivity contribution < 1.29 is 9.59 Å². The van der Waals surface area contributed by atoms with Gasteiger partial charge in [-0.15, -0.1) is 0 Å². The van der Waals surface area contributed by atoms with Crippen LogP contribution in [0.25, 0.3) is 10.8 Å². The average Bonchev–Trinajstić information content (AvgIpc) is 2.71. The summed E-state index contributed by atoms with van der Waals surface area (Å²) in [4.78, 5) is 26.1. The molecule has 108 valence electrons. The predicted molar refractivity (Wildman–Crippen MR) is 81.8 cm³/mol. The van der Waals surface area contributed by atoms with E-state index in [9.17, 15) is 9.59 Å². The second-order valence-electron chi connectivity index (χ2n) is 5.54. The zero-order valence-electron chi connectivity index (χ0n) is 12.2. The molecule has 1 aliphatic heterocycles. The van der Waals surface area contributed by atoms with Crippen molar-refractivity contribution in [2.24, 2.45) is 0 Å². The quantitative estimate of drug-likeness (QED) is 0.880. The molecule has 2 aromatic carbocycles. The third kappa shape index (κ3) is 1.98. The van der Waals surface area contributed by atoms with Crippen molar-refractivity contribution in [1.29, 1.82) is 0 Å². The first-order valence-corrected chi connectivity index (χ1v) is 7.20. The summed E-state index contributed by atoms with van der Waals surface area (Å²) in [6.07, 6.45) is 0.755. The predicted octanol–water partition coefficient (Wildman–Crippen LogP) is 3.02. The van der Waals surface area contributed by atoms with Gasteiger partial charge in [-0.05, 0) is 29.7 Å². The van der Waals surface area contributed by atoms with Crippen LogP contribution in [-0.4, -0.2) is 23.4 Å². The van der Waals surface area contributed by atoms with Crippen LogP contribution in [0.4, 0.5) is 4.79 Å². The third-order valence-electron chi connectivity index (χ3n) is 4.05. The van der Waals surface area contributed by atoms with E-state index >= 15 is 0 Å². The number of carbonyl (C=O) groups is 2. The second-order valence-corrected chi connectivity index (χ2v) is 5.54. The highest BCUT2D eigenvalue weighted by Crippen LogP contribution is 2.33. The highest BCUT2D eigenvalue weighted by atomic mass is 16.2. The van der Waals surface area contributed by atoms with Crippen molar-refractivity contribution in [3.63, 3.8) is 0 Å². The lowest BCUT2D eigenvalue weighted by Crippen LogP contribution is -2.41. The minimum atomic E-state index is -0.993. The van der Waals surface area contributed by atoms with E-state index in [4.69, 9.17) is 0 Å². The maximum atomic E-state index is 12.7. The molecular weight excluding hydrogens is 264 g/mol. The number of nitrogens with one attached hydrogen (secondary N) is 1. The first-order valence-electron chi connectivity index (χ1n) is 7.20. The van der Waals surface area contributed by atoms with Crippen molar-refractivity contribution >= 4 is 22.7 Å². The van der Waals surface area contributed by atoms with Crippen LogP contribution >= 0.6 is 0 Å². The van der Waals surface area contributed by atoms with E-state index < -0.39 is 5.54 Å². The fraction of sp³-hybridized carbons (Fsp3) is 0.294. The van der Waals surface area contributed by atoms with Gasteiger partial charge in [0.2, 0.25) is 0 Å². The molecule has 0 spiro atoms. The second kappa shape index (κ2) is 4.88. The SMILES string of the molecule is CCCN1C(=O)NC(C)(c2cccc3ccccc23)C1=O. The van der Waals surface area contributed by atoms with Crippen LogP contribution < -0.4 is 5.32 Å². The lowest BCUT2D eigenvalue weighted by atomic mass is 9.88. The number of hydrogen-bond donors (Lipinski definition) is 1. The molecule has 1 heterocycles. The van der Waals surface area contributed by atoms with E-state index in [-0.39, 0.29) is 11.9 Å². The lowest BCUT2D eigenvalue weighted by Gasteiger charge is -2.24. The highest BCUT2D eigenvalue weighted by molar-refractivity contribution is 6.09. The Balaban J connectivity index is 2.14. The molecule has 1 fully saturated rings. The molecule has 3 rings (SSSR count). The summed E-state index contributed by atoms with van der Waals surface area (Å²) in [5, 5.41) is 4.92. The molecule has 2 aromatic rings. The first-order chi connectivity index (χ1) is 10.1. The topological polar surface area (TPSA) is 49.4 Å². The zero-order valence-corrected chi connectivity index (χ0v) is 12.2. The minimum absolute atomic E-state index is 0.175. The standard InChI is InChI=1S/C17H18N2O2/c1-3-11-19-15(20)17(2,18-16(19)21)14-10-6-8-12-7-4-5-9-13(12)14/h4-10H,3,11H2,1-2H3,(H,18,21). The summed E-state index contributed by atoms with van der Waals surface area (Å²) < 4.78 is 0. The Morgan fingerprint density at radius 3 is 2.57 bits per heavy atom. The Hall–Kier alpha value is -2.36. The Morgan fingerprint density at radius 1 is 1.10 bits per heavy atom. The van der Waals surface area contributed by atoms with E-state index in [2.05, 4.69) is 5.32 Å². The van der Waals surface area contributed by atoms with E-state index in [1.165, 1.54) is 4.90 Å². The van der Waals surface area contributed by atoms with Crippen molar-refractivity contribution in [3.8, 4) is 0 Å². The summed E-state index contributed by atoms with van der Waals surface area (Å²) >= 11 is 0. The molecule has 1 aliphatic rings. The summed E-state index contributed by atoms with van der Waals surface area (Å²) in [5.41, 5.74) is -0.148. The highest BCUT2D eigenvalue weighted by Gasteiger charge is 2.49. The number of carbonyl (C=O) groups excluding carboxylic acids is 2. The smallest absolute Gasteiger partial charge is 0.319 e. The molecule has 0 saturated carbocycles. The Morgan fingerprint density at radius 2 is 1.81 bits per heavy atom. The molecule has 4 nitrogen and oxygen atoms in total. The summed E-state index contributed by atoms with van der Waals surface area (Å²) in [6.45, 7) is 4.18. The molecule has 1 saturated heterocycles. The van der Waals surface area contributed by atoms with Gasteiger partial charge in [-0.25, -0.2) is 4.79 Å². The molecule has 0 radical (unpaired) electrons. The number of rotatable bonds is 3. The van der Waals surface area contributed by atoms with E-state index in [1.807, 2.05) is 49.4 Å².